The van der Waals surface area contributed by atoms with E-state index in [9.17, 15) is 4.79 Å². The second-order valence-electron chi connectivity index (χ2n) is 3.75. The van der Waals surface area contributed by atoms with Gasteiger partial charge in [-0.1, -0.05) is 0 Å². The van der Waals surface area contributed by atoms with Crippen molar-refractivity contribution in [2.24, 2.45) is 0 Å². The average molecular weight is 256 g/mol. The monoisotopic (exact) mass is 256 g/mol. The molecule has 3 aromatic rings. The zero-order valence-electron chi connectivity index (χ0n) is 9.20. The molecule has 0 spiro atoms. The molecule has 4 nitrogen and oxygen atoms in total. The molecule has 2 heterocycles. The molecule has 18 heavy (non-hydrogen) atoms. The maximum Gasteiger partial charge on any atom is 0.335 e. The number of carboxylic acid groups (broad SMARTS) is 1. The molecule has 1 aromatic carbocycles. The molecule has 0 bridgehead atoms. The lowest BCUT2D eigenvalue weighted by molar-refractivity contribution is 0.0697. The highest BCUT2D eigenvalue weighted by molar-refractivity contribution is 7.21. The summed E-state index contributed by atoms with van der Waals surface area (Å²) in [5.41, 5.74) is 1.90. The first kappa shape index (κ1) is 10.9. The molecule has 3 rings (SSSR count). The Balaban J connectivity index is 2.14. The number of hydrogen-bond acceptors (Lipinski definition) is 4. The number of fused-ring (bicyclic) bond motifs is 1. The fraction of sp³-hybridized carbons (Fsp3) is 0. The lowest BCUT2D eigenvalue weighted by Gasteiger charge is -1.92. The number of nitrogens with zero attached hydrogens (tertiary/aromatic N) is 2. The molecule has 5 heteroatoms. The standard InChI is InChI=1S/C13H8N2O2S/c16-13(17)8-3-4-11-10(6-8)15-12(18-11)9-2-1-5-14-7-9/h1-7H,(H,16,17). The number of rotatable bonds is 2. The van der Waals surface area contributed by atoms with Gasteiger partial charge in [0.2, 0.25) is 0 Å². The topological polar surface area (TPSA) is 63.1 Å². The molecule has 0 fully saturated rings. The van der Waals surface area contributed by atoms with E-state index in [4.69, 9.17) is 5.11 Å². The highest BCUT2D eigenvalue weighted by Crippen LogP contribution is 2.30. The van der Waals surface area contributed by atoms with Crippen LogP contribution >= 0.6 is 11.3 Å². The van der Waals surface area contributed by atoms with Crippen molar-refractivity contribution in [1.29, 1.82) is 0 Å². The van der Waals surface area contributed by atoms with Crippen molar-refractivity contribution in [2.75, 3.05) is 0 Å². The van der Waals surface area contributed by atoms with Crippen LogP contribution < -0.4 is 0 Å². The molecule has 0 saturated carbocycles. The van der Waals surface area contributed by atoms with Crippen LogP contribution in [-0.4, -0.2) is 21.0 Å². The molecule has 0 amide bonds. The highest BCUT2D eigenvalue weighted by atomic mass is 32.1. The normalized spacial score (nSPS) is 10.7. The first-order chi connectivity index (χ1) is 8.74. The molecule has 0 aliphatic carbocycles. The van der Waals surface area contributed by atoms with E-state index in [1.807, 2.05) is 12.1 Å². The first-order valence-electron chi connectivity index (χ1n) is 5.28. The van der Waals surface area contributed by atoms with Gasteiger partial charge >= 0.3 is 5.97 Å². The van der Waals surface area contributed by atoms with E-state index >= 15 is 0 Å². The van der Waals surface area contributed by atoms with Gasteiger partial charge in [0.1, 0.15) is 5.01 Å². The molecule has 88 valence electrons. The van der Waals surface area contributed by atoms with E-state index in [0.717, 1.165) is 15.3 Å². The third-order valence-corrected chi connectivity index (χ3v) is 3.63. The summed E-state index contributed by atoms with van der Waals surface area (Å²) in [5, 5.41) is 9.78. The van der Waals surface area contributed by atoms with E-state index in [1.165, 1.54) is 11.3 Å². The molecule has 0 aliphatic heterocycles. The number of benzene rings is 1. The van der Waals surface area contributed by atoms with Crippen LogP contribution in [0.25, 0.3) is 20.8 Å². The minimum absolute atomic E-state index is 0.255. The number of pyridine rings is 1. The van der Waals surface area contributed by atoms with Crippen molar-refractivity contribution in [3.05, 3.63) is 48.3 Å². The molecule has 0 atom stereocenters. The lowest BCUT2D eigenvalue weighted by atomic mass is 10.2. The second-order valence-corrected chi connectivity index (χ2v) is 4.78. The van der Waals surface area contributed by atoms with Crippen LogP contribution in [0.1, 0.15) is 10.4 Å². The van der Waals surface area contributed by atoms with E-state index in [0.29, 0.717) is 5.52 Å². The number of aromatic carboxylic acids is 1. The van der Waals surface area contributed by atoms with E-state index in [2.05, 4.69) is 9.97 Å². The number of thiazole rings is 1. The van der Waals surface area contributed by atoms with Gasteiger partial charge in [0.05, 0.1) is 15.8 Å². The molecule has 2 aromatic heterocycles. The molecule has 1 N–H and O–H groups in total. The summed E-state index contributed by atoms with van der Waals surface area (Å²) in [5.74, 6) is -0.937. The van der Waals surface area contributed by atoms with Crippen molar-refractivity contribution < 1.29 is 9.90 Å². The summed E-state index contributed by atoms with van der Waals surface area (Å²) in [7, 11) is 0. The van der Waals surface area contributed by atoms with Crippen LogP contribution in [0.3, 0.4) is 0 Å². The molecular formula is C13H8N2O2S. The Morgan fingerprint density at radius 1 is 1.28 bits per heavy atom. The summed E-state index contributed by atoms with van der Waals surface area (Å²) in [6, 6.07) is 8.76. The predicted molar refractivity (Wildman–Crippen MR) is 69.8 cm³/mol. The van der Waals surface area contributed by atoms with E-state index in [-0.39, 0.29) is 5.56 Å². The third kappa shape index (κ3) is 1.84. The van der Waals surface area contributed by atoms with Crippen molar-refractivity contribution in [2.45, 2.75) is 0 Å². The van der Waals surface area contributed by atoms with Gasteiger partial charge in [0.25, 0.3) is 0 Å². The Hall–Kier alpha value is -2.27. The number of aromatic nitrogens is 2. The molecule has 0 unspecified atom stereocenters. The Morgan fingerprint density at radius 2 is 2.17 bits per heavy atom. The maximum atomic E-state index is 10.9. The fourth-order valence-electron chi connectivity index (χ4n) is 1.67. The van der Waals surface area contributed by atoms with Crippen LogP contribution in [0, 0.1) is 0 Å². The van der Waals surface area contributed by atoms with Gasteiger partial charge in [-0.15, -0.1) is 11.3 Å². The van der Waals surface area contributed by atoms with Gasteiger partial charge < -0.3 is 5.11 Å². The van der Waals surface area contributed by atoms with Gasteiger partial charge in [-0.3, -0.25) is 4.98 Å². The zero-order chi connectivity index (χ0) is 12.5. The van der Waals surface area contributed by atoms with Crippen LogP contribution in [0.5, 0.6) is 0 Å². The number of hydrogen-bond donors (Lipinski definition) is 1. The van der Waals surface area contributed by atoms with Gasteiger partial charge in [0.15, 0.2) is 0 Å². The van der Waals surface area contributed by atoms with Crippen molar-refractivity contribution in [1.82, 2.24) is 9.97 Å². The summed E-state index contributed by atoms with van der Waals surface area (Å²) < 4.78 is 0.971. The largest absolute Gasteiger partial charge is 0.478 e. The third-order valence-electron chi connectivity index (χ3n) is 2.54. The molecule has 0 saturated heterocycles. The SMILES string of the molecule is O=C(O)c1ccc2sc(-c3cccnc3)nc2c1. The minimum atomic E-state index is -0.937. The van der Waals surface area contributed by atoms with Gasteiger partial charge in [-0.05, 0) is 30.3 Å². The summed E-state index contributed by atoms with van der Waals surface area (Å²) in [6.45, 7) is 0. The smallest absolute Gasteiger partial charge is 0.335 e. The number of carbonyl (C=O) groups is 1. The predicted octanol–water partition coefficient (Wildman–Crippen LogP) is 3.06. The molecule has 0 radical (unpaired) electrons. The molecular weight excluding hydrogens is 248 g/mol. The lowest BCUT2D eigenvalue weighted by Crippen LogP contribution is -1.94. The minimum Gasteiger partial charge on any atom is -0.478 e. The van der Waals surface area contributed by atoms with Crippen LogP contribution in [0.4, 0.5) is 0 Å². The van der Waals surface area contributed by atoms with Gasteiger partial charge in [0, 0.05) is 18.0 Å². The molecule has 0 aliphatic rings. The summed E-state index contributed by atoms with van der Waals surface area (Å²) in [6.07, 6.45) is 3.45. The fourth-order valence-corrected chi connectivity index (χ4v) is 2.61. The van der Waals surface area contributed by atoms with Crippen molar-refractivity contribution in [3.8, 4) is 10.6 Å². The highest BCUT2D eigenvalue weighted by Gasteiger charge is 2.09. The van der Waals surface area contributed by atoms with E-state index < -0.39 is 5.97 Å². The Labute approximate surface area is 107 Å². The maximum absolute atomic E-state index is 10.9. The quantitative estimate of drug-likeness (QED) is 0.765. The van der Waals surface area contributed by atoms with Crippen molar-refractivity contribution in [3.63, 3.8) is 0 Å². The summed E-state index contributed by atoms with van der Waals surface area (Å²) >= 11 is 1.53. The van der Waals surface area contributed by atoms with Gasteiger partial charge in [-0.25, -0.2) is 9.78 Å². The second kappa shape index (κ2) is 4.19. The average Bonchev–Trinajstić information content (AvgIpc) is 2.82. The van der Waals surface area contributed by atoms with Crippen LogP contribution in [0.15, 0.2) is 42.7 Å². The number of carboxylic acids is 1. The Bertz CT molecular complexity index is 722. The van der Waals surface area contributed by atoms with Crippen LogP contribution in [0.2, 0.25) is 0 Å². The van der Waals surface area contributed by atoms with Gasteiger partial charge in [-0.2, -0.15) is 0 Å². The zero-order valence-corrected chi connectivity index (χ0v) is 10.0. The Morgan fingerprint density at radius 3 is 2.89 bits per heavy atom. The first-order valence-corrected chi connectivity index (χ1v) is 6.10. The Kier molecular flexibility index (Phi) is 2.53. The van der Waals surface area contributed by atoms with Crippen LogP contribution in [-0.2, 0) is 0 Å². The summed E-state index contributed by atoms with van der Waals surface area (Å²) in [4.78, 5) is 19.4. The van der Waals surface area contributed by atoms with Crippen molar-refractivity contribution >= 4 is 27.5 Å². The van der Waals surface area contributed by atoms with E-state index in [1.54, 1.807) is 30.6 Å².